The monoisotopic (exact) mass is 326 g/mol. The van der Waals surface area contributed by atoms with Crippen LogP contribution in [0.5, 0.6) is 5.75 Å². The Morgan fingerprint density at radius 2 is 1.46 bits per heavy atom. The van der Waals surface area contributed by atoms with E-state index in [1.54, 1.807) is 24.3 Å². The van der Waals surface area contributed by atoms with Crippen LogP contribution < -0.4 is 4.74 Å². The molecule has 3 rings (SSSR count). The highest BCUT2D eigenvalue weighted by atomic mass is 19.2. The van der Waals surface area contributed by atoms with Gasteiger partial charge in [0.05, 0.1) is 6.61 Å². The fourth-order valence-electron chi connectivity index (χ4n) is 2.39. The predicted octanol–water partition coefficient (Wildman–Crippen LogP) is 4.70. The molecule has 24 heavy (non-hydrogen) atoms. The number of hydrogen-bond acceptors (Lipinski definition) is 2. The Morgan fingerprint density at radius 1 is 0.750 bits per heavy atom. The summed E-state index contributed by atoms with van der Waals surface area (Å²) in [4.78, 5) is 0. The van der Waals surface area contributed by atoms with Crippen LogP contribution in [0.25, 0.3) is 11.1 Å². The minimum Gasteiger partial charge on any atom is -0.486 e. The van der Waals surface area contributed by atoms with E-state index in [1.807, 2.05) is 30.3 Å². The molecule has 3 aromatic rings. The van der Waals surface area contributed by atoms with Gasteiger partial charge in [0, 0.05) is 5.56 Å². The number of halogens is 2. The van der Waals surface area contributed by atoms with Gasteiger partial charge in [-0.3, -0.25) is 0 Å². The van der Waals surface area contributed by atoms with E-state index in [-0.39, 0.29) is 24.5 Å². The third-order valence-electron chi connectivity index (χ3n) is 3.73. The lowest BCUT2D eigenvalue weighted by Gasteiger charge is -2.11. The van der Waals surface area contributed by atoms with Crippen molar-refractivity contribution in [3.05, 3.63) is 89.5 Å². The zero-order chi connectivity index (χ0) is 16.9. The summed E-state index contributed by atoms with van der Waals surface area (Å²) in [6.07, 6.45) is 0. The van der Waals surface area contributed by atoms with E-state index in [0.717, 1.165) is 5.56 Å². The molecule has 0 aliphatic heterocycles. The predicted molar refractivity (Wildman–Crippen MR) is 88.5 cm³/mol. The van der Waals surface area contributed by atoms with Gasteiger partial charge >= 0.3 is 0 Å². The average Bonchev–Trinajstić information content (AvgIpc) is 2.64. The van der Waals surface area contributed by atoms with Gasteiger partial charge in [0.1, 0.15) is 6.61 Å². The van der Waals surface area contributed by atoms with Crippen molar-refractivity contribution < 1.29 is 18.6 Å². The maximum Gasteiger partial charge on any atom is 0.201 e. The van der Waals surface area contributed by atoms with Crippen molar-refractivity contribution in [1.29, 1.82) is 0 Å². The summed E-state index contributed by atoms with van der Waals surface area (Å²) in [6, 6.07) is 18.9. The molecule has 0 aromatic heterocycles. The second-order valence-electron chi connectivity index (χ2n) is 5.37. The van der Waals surface area contributed by atoms with Gasteiger partial charge in [-0.25, -0.2) is 4.39 Å². The second-order valence-corrected chi connectivity index (χ2v) is 5.37. The van der Waals surface area contributed by atoms with E-state index in [0.29, 0.717) is 11.1 Å². The normalized spacial score (nSPS) is 10.6. The van der Waals surface area contributed by atoms with Crippen LogP contribution in [0, 0.1) is 11.6 Å². The quantitative estimate of drug-likeness (QED) is 0.736. The molecule has 0 aliphatic rings. The van der Waals surface area contributed by atoms with Crippen LogP contribution in [0.4, 0.5) is 8.78 Å². The van der Waals surface area contributed by atoms with Crippen LogP contribution in [-0.2, 0) is 13.2 Å². The van der Waals surface area contributed by atoms with E-state index in [9.17, 15) is 8.78 Å². The van der Waals surface area contributed by atoms with Crippen LogP contribution in [-0.4, -0.2) is 5.11 Å². The van der Waals surface area contributed by atoms with Gasteiger partial charge in [0.25, 0.3) is 0 Å². The van der Waals surface area contributed by atoms with Gasteiger partial charge in [-0.05, 0) is 28.8 Å². The maximum absolute atomic E-state index is 14.4. The lowest BCUT2D eigenvalue weighted by atomic mass is 10.0. The van der Waals surface area contributed by atoms with Gasteiger partial charge < -0.3 is 9.84 Å². The topological polar surface area (TPSA) is 29.5 Å². The molecule has 0 atom stereocenters. The zero-order valence-electron chi connectivity index (χ0n) is 12.9. The highest BCUT2D eigenvalue weighted by Gasteiger charge is 2.16. The molecular weight excluding hydrogens is 310 g/mol. The summed E-state index contributed by atoms with van der Waals surface area (Å²) in [6.45, 7) is 0.0745. The van der Waals surface area contributed by atoms with E-state index >= 15 is 0 Å². The summed E-state index contributed by atoms with van der Waals surface area (Å²) in [5.41, 5.74) is 2.28. The highest BCUT2D eigenvalue weighted by Crippen LogP contribution is 2.30. The largest absolute Gasteiger partial charge is 0.486 e. The number of aliphatic hydroxyl groups excluding tert-OH is 1. The molecule has 122 valence electrons. The SMILES string of the molecule is OCc1ccc(-c2ccc(OCc3ccccc3)c(F)c2F)cc1. The van der Waals surface area contributed by atoms with E-state index in [2.05, 4.69) is 0 Å². The molecule has 0 radical (unpaired) electrons. The standard InChI is InChI=1S/C20H16F2O2/c21-19-17(16-8-6-14(12-23)7-9-16)10-11-18(20(19)22)24-13-15-4-2-1-3-5-15/h1-11,23H,12-13H2. The first-order valence-corrected chi connectivity index (χ1v) is 7.54. The van der Waals surface area contributed by atoms with Gasteiger partial charge in [-0.2, -0.15) is 4.39 Å². The molecule has 3 aromatic carbocycles. The molecule has 0 bridgehead atoms. The molecule has 4 heteroatoms. The lowest BCUT2D eigenvalue weighted by Crippen LogP contribution is -2.00. The van der Waals surface area contributed by atoms with Crippen LogP contribution in [0.15, 0.2) is 66.7 Å². The van der Waals surface area contributed by atoms with Gasteiger partial charge in [-0.1, -0.05) is 54.6 Å². The first-order chi connectivity index (χ1) is 11.7. The molecule has 0 heterocycles. The smallest absolute Gasteiger partial charge is 0.201 e. The van der Waals surface area contributed by atoms with Crippen molar-refractivity contribution >= 4 is 0 Å². The van der Waals surface area contributed by atoms with Gasteiger partial charge in [-0.15, -0.1) is 0 Å². The number of aliphatic hydroxyl groups is 1. The molecule has 0 aliphatic carbocycles. The van der Waals surface area contributed by atoms with Crippen LogP contribution in [0.2, 0.25) is 0 Å². The van der Waals surface area contributed by atoms with Crippen molar-refractivity contribution in [2.45, 2.75) is 13.2 Å². The summed E-state index contributed by atoms with van der Waals surface area (Å²) in [5.74, 6) is -2.07. The number of hydrogen-bond donors (Lipinski definition) is 1. The van der Waals surface area contributed by atoms with Crippen molar-refractivity contribution in [2.75, 3.05) is 0 Å². The molecule has 0 unspecified atom stereocenters. The number of benzene rings is 3. The third-order valence-corrected chi connectivity index (χ3v) is 3.73. The van der Waals surface area contributed by atoms with E-state index in [4.69, 9.17) is 9.84 Å². The molecule has 0 amide bonds. The van der Waals surface area contributed by atoms with E-state index < -0.39 is 11.6 Å². The van der Waals surface area contributed by atoms with E-state index in [1.165, 1.54) is 12.1 Å². The fraction of sp³-hybridized carbons (Fsp3) is 0.100. The van der Waals surface area contributed by atoms with Crippen molar-refractivity contribution in [3.63, 3.8) is 0 Å². The Balaban J connectivity index is 1.82. The first kappa shape index (κ1) is 16.1. The summed E-state index contributed by atoms with van der Waals surface area (Å²) >= 11 is 0. The third kappa shape index (κ3) is 3.44. The number of rotatable bonds is 5. The second kappa shape index (κ2) is 7.23. The summed E-state index contributed by atoms with van der Waals surface area (Å²) in [7, 11) is 0. The molecule has 0 saturated carbocycles. The van der Waals surface area contributed by atoms with Crippen LogP contribution in [0.3, 0.4) is 0 Å². The summed E-state index contributed by atoms with van der Waals surface area (Å²) < 4.78 is 34.0. The first-order valence-electron chi connectivity index (χ1n) is 7.54. The minimum absolute atomic E-state index is 0.0939. The van der Waals surface area contributed by atoms with Crippen molar-refractivity contribution in [3.8, 4) is 16.9 Å². The molecule has 0 spiro atoms. The number of ether oxygens (including phenoxy) is 1. The Morgan fingerprint density at radius 3 is 2.12 bits per heavy atom. The van der Waals surface area contributed by atoms with Crippen LogP contribution in [0.1, 0.15) is 11.1 Å². The molecular formula is C20H16F2O2. The van der Waals surface area contributed by atoms with Gasteiger partial charge in [0.15, 0.2) is 11.6 Å². The lowest BCUT2D eigenvalue weighted by molar-refractivity contribution is 0.282. The summed E-state index contributed by atoms with van der Waals surface area (Å²) in [5, 5.41) is 9.04. The Labute approximate surface area is 139 Å². The van der Waals surface area contributed by atoms with Crippen molar-refractivity contribution in [1.82, 2.24) is 0 Å². The molecule has 0 saturated heterocycles. The Kier molecular flexibility index (Phi) is 4.87. The molecule has 2 nitrogen and oxygen atoms in total. The van der Waals surface area contributed by atoms with Gasteiger partial charge in [0.2, 0.25) is 5.82 Å². The zero-order valence-corrected chi connectivity index (χ0v) is 12.9. The Bertz CT molecular complexity index is 815. The van der Waals surface area contributed by atoms with Crippen LogP contribution >= 0.6 is 0 Å². The average molecular weight is 326 g/mol. The maximum atomic E-state index is 14.4. The fourth-order valence-corrected chi connectivity index (χ4v) is 2.39. The molecule has 0 fully saturated rings. The Hall–Kier alpha value is -2.72. The van der Waals surface area contributed by atoms with Crippen molar-refractivity contribution in [2.24, 2.45) is 0 Å². The molecule has 1 N–H and O–H groups in total. The highest BCUT2D eigenvalue weighted by molar-refractivity contribution is 5.65. The minimum atomic E-state index is -1.00.